The Labute approximate surface area is 162 Å². The molecule has 8 nitrogen and oxygen atoms in total. The minimum atomic E-state index is -1.23. The number of hydrogen-bond acceptors (Lipinski definition) is 7. The first-order chi connectivity index (χ1) is 13.6. The third-order valence-electron chi connectivity index (χ3n) is 4.17. The molecule has 1 aliphatic heterocycles. The average molecular weight is 387 g/mol. The van der Waals surface area contributed by atoms with Crippen LogP contribution >= 0.6 is 0 Å². The normalized spacial score (nSPS) is 23.8. The van der Waals surface area contributed by atoms with Gasteiger partial charge in [0.15, 0.2) is 12.4 Å². The molecule has 2 aromatic rings. The van der Waals surface area contributed by atoms with E-state index >= 15 is 0 Å². The summed E-state index contributed by atoms with van der Waals surface area (Å²) in [6.07, 6.45) is -4.96. The van der Waals surface area contributed by atoms with Gasteiger partial charge in [0.1, 0.15) is 18.8 Å². The van der Waals surface area contributed by atoms with E-state index in [-0.39, 0.29) is 6.61 Å². The van der Waals surface area contributed by atoms with Crippen LogP contribution < -0.4 is 5.32 Å². The molecule has 1 saturated heterocycles. The van der Waals surface area contributed by atoms with Crippen molar-refractivity contribution in [1.29, 1.82) is 0 Å². The van der Waals surface area contributed by atoms with Crippen molar-refractivity contribution in [3.8, 4) is 0 Å². The minimum Gasteiger partial charge on any atom is -0.459 e. The maximum absolute atomic E-state index is 12.2. The second-order valence-electron chi connectivity index (χ2n) is 6.09. The summed E-state index contributed by atoms with van der Waals surface area (Å²) in [4.78, 5) is 24.3. The van der Waals surface area contributed by atoms with Gasteiger partial charge in [-0.05, 0) is 24.3 Å². The lowest BCUT2D eigenvalue weighted by atomic mass is 10.1. The predicted molar refractivity (Wildman–Crippen MR) is 98.7 cm³/mol. The Morgan fingerprint density at radius 3 is 2.36 bits per heavy atom. The van der Waals surface area contributed by atoms with Gasteiger partial charge in [0.25, 0.3) is 0 Å². The summed E-state index contributed by atoms with van der Waals surface area (Å²) in [5.74, 6) is -0.549. The highest BCUT2D eigenvalue weighted by atomic mass is 16.7. The van der Waals surface area contributed by atoms with Crippen molar-refractivity contribution in [2.75, 3.05) is 19.0 Å². The number of methoxy groups -OCH3 is 1. The third-order valence-corrected chi connectivity index (χ3v) is 4.17. The van der Waals surface area contributed by atoms with Crippen LogP contribution in [0.4, 0.5) is 10.5 Å². The number of esters is 1. The fraction of sp³-hybridized carbons (Fsp3) is 0.300. The van der Waals surface area contributed by atoms with Crippen molar-refractivity contribution in [2.45, 2.75) is 24.6 Å². The summed E-state index contributed by atoms with van der Waals surface area (Å²) < 4.78 is 21.1. The Morgan fingerprint density at radius 2 is 1.71 bits per heavy atom. The van der Waals surface area contributed by atoms with Gasteiger partial charge in [0.2, 0.25) is 0 Å². The van der Waals surface area contributed by atoms with Crippen molar-refractivity contribution in [3.05, 3.63) is 66.2 Å². The van der Waals surface area contributed by atoms with Crippen LogP contribution in [0.25, 0.3) is 0 Å². The molecule has 1 amide bonds. The maximum atomic E-state index is 12.2. The van der Waals surface area contributed by atoms with E-state index in [2.05, 4.69) is 5.32 Å². The third kappa shape index (κ3) is 4.86. The summed E-state index contributed by atoms with van der Waals surface area (Å²) in [5.41, 5.74) is 0.917. The summed E-state index contributed by atoms with van der Waals surface area (Å²) in [6.45, 7) is -0.214. The van der Waals surface area contributed by atoms with Gasteiger partial charge in [0, 0.05) is 12.8 Å². The Kier molecular flexibility index (Phi) is 6.59. The number of nitrogens with one attached hydrogen (secondary N) is 1. The highest BCUT2D eigenvalue weighted by molar-refractivity contribution is 5.89. The smallest absolute Gasteiger partial charge is 0.412 e. The monoisotopic (exact) mass is 387 g/mol. The van der Waals surface area contributed by atoms with Gasteiger partial charge in [-0.2, -0.15) is 0 Å². The lowest BCUT2D eigenvalue weighted by Gasteiger charge is -2.20. The molecule has 0 spiro atoms. The highest BCUT2D eigenvalue weighted by Crippen LogP contribution is 2.25. The number of benzene rings is 2. The number of rotatable bonds is 6. The molecule has 1 heterocycles. The number of ether oxygens (including phenoxy) is 4. The van der Waals surface area contributed by atoms with Crippen molar-refractivity contribution in [3.63, 3.8) is 0 Å². The van der Waals surface area contributed by atoms with Crippen LogP contribution in [0.3, 0.4) is 0 Å². The molecule has 1 aliphatic rings. The molecule has 0 aromatic heterocycles. The second kappa shape index (κ2) is 9.32. The van der Waals surface area contributed by atoms with Crippen molar-refractivity contribution < 1.29 is 33.6 Å². The summed E-state index contributed by atoms with van der Waals surface area (Å²) in [7, 11) is 1.35. The van der Waals surface area contributed by atoms with Crippen LogP contribution in [-0.2, 0) is 18.9 Å². The molecule has 4 unspecified atom stereocenters. The number of carbonyl (C=O) groups is 2. The number of carbonyl (C=O) groups excluding carboxylic acids is 2. The molecule has 0 aliphatic carbocycles. The molecule has 0 saturated carbocycles. The molecular formula is C20H21NO7. The molecule has 1 fully saturated rings. The fourth-order valence-corrected chi connectivity index (χ4v) is 2.79. The van der Waals surface area contributed by atoms with Gasteiger partial charge in [-0.3, -0.25) is 5.32 Å². The zero-order valence-electron chi connectivity index (χ0n) is 15.2. The zero-order valence-corrected chi connectivity index (χ0v) is 15.2. The Hall–Kier alpha value is -2.94. The van der Waals surface area contributed by atoms with Gasteiger partial charge < -0.3 is 24.1 Å². The standard InChI is InChI=1S/C20H21NO7/c1-25-19-16(22)17(28-20(24)21-14-10-6-3-7-11-14)15(27-19)12-26-18(23)13-8-4-2-5-9-13/h2-11,15-17,19,22H,12H2,1H3,(H,21,24). The zero-order chi connectivity index (χ0) is 19.9. The van der Waals surface area contributed by atoms with Gasteiger partial charge in [0.05, 0.1) is 5.56 Å². The fourth-order valence-electron chi connectivity index (χ4n) is 2.79. The topological polar surface area (TPSA) is 103 Å². The Bertz CT molecular complexity index is 784. The summed E-state index contributed by atoms with van der Waals surface area (Å²) in [5, 5.41) is 12.9. The molecule has 3 rings (SSSR count). The molecule has 2 N–H and O–H groups in total. The van der Waals surface area contributed by atoms with Crippen LogP contribution in [0.5, 0.6) is 0 Å². The Morgan fingerprint density at radius 1 is 1.07 bits per heavy atom. The number of amides is 1. The second-order valence-corrected chi connectivity index (χ2v) is 6.09. The first-order valence-electron chi connectivity index (χ1n) is 8.69. The van der Waals surface area contributed by atoms with E-state index in [9.17, 15) is 14.7 Å². The largest absolute Gasteiger partial charge is 0.459 e. The quantitative estimate of drug-likeness (QED) is 0.733. The van der Waals surface area contributed by atoms with E-state index in [1.54, 1.807) is 54.6 Å². The van der Waals surface area contributed by atoms with E-state index in [0.29, 0.717) is 11.3 Å². The molecule has 0 radical (unpaired) electrons. The van der Waals surface area contributed by atoms with Crippen LogP contribution in [0.1, 0.15) is 10.4 Å². The highest BCUT2D eigenvalue weighted by Gasteiger charge is 2.47. The molecule has 2 aromatic carbocycles. The van der Waals surface area contributed by atoms with Crippen LogP contribution in [0.2, 0.25) is 0 Å². The summed E-state index contributed by atoms with van der Waals surface area (Å²) in [6, 6.07) is 17.2. The first-order valence-corrected chi connectivity index (χ1v) is 8.69. The molecule has 148 valence electrons. The lowest BCUT2D eigenvalue weighted by molar-refractivity contribution is -0.153. The number of hydrogen-bond donors (Lipinski definition) is 2. The van der Waals surface area contributed by atoms with Gasteiger partial charge in [-0.15, -0.1) is 0 Å². The predicted octanol–water partition coefficient (Wildman–Crippen LogP) is 2.19. The average Bonchev–Trinajstić information content (AvgIpc) is 3.02. The SMILES string of the molecule is COC1OC(COC(=O)c2ccccc2)C(OC(=O)Nc2ccccc2)C1O. The van der Waals surface area contributed by atoms with Crippen LogP contribution in [0, 0.1) is 0 Å². The molecule has 8 heteroatoms. The van der Waals surface area contributed by atoms with Gasteiger partial charge in [-0.1, -0.05) is 36.4 Å². The number of aliphatic hydroxyl groups excluding tert-OH is 1. The molecule has 4 atom stereocenters. The number of aliphatic hydroxyl groups is 1. The van der Waals surface area contributed by atoms with E-state index in [4.69, 9.17) is 18.9 Å². The number of anilines is 1. The maximum Gasteiger partial charge on any atom is 0.412 e. The number of para-hydroxylation sites is 1. The van der Waals surface area contributed by atoms with Crippen molar-refractivity contribution in [2.24, 2.45) is 0 Å². The minimum absolute atomic E-state index is 0.214. The van der Waals surface area contributed by atoms with Gasteiger partial charge >= 0.3 is 12.1 Å². The summed E-state index contributed by atoms with van der Waals surface area (Å²) >= 11 is 0. The van der Waals surface area contributed by atoms with Crippen LogP contribution in [-0.4, -0.2) is 55.5 Å². The molecule has 28 heavy (non-hydrogen) atoms. The van der Waals surface area contributed by atoms with E-state index < -0.39 is 36.7 Å². The van der Waals surface area contributed by atoms with Crippen molar-refractivity contribution in [1.82, 2.24) is 0 Å². The Balaban J connectivity index is 1.61. The first kappa shape index (κ1) is 19.8. The van der Waals surface area contributed by atoms with E-state index in [0.717, 1.165) is 0 Å². The lowest BCUT2D eigenvalue weighted by Crippen LogP contribution is -2.40. The van der Waals surface area contributed by atoms with E-state index in [1.165, 1.54) is 7.11 Å². The van der Waals surface area contributed by atoms with Crippen molar-refractivity contribution >= 4 is 17.7 Å². The molecule has 0 bridgehead atoms. The van der Waals surface area contributed by atoms with Gasteiger partial charge in [-0.25, -0.2) is 9.59 Å². The van der Waals surface area contributed by atoms with E-state index in [1.807, 2.05) is 6.07 Å². The van der Waals surface area contributed by atoms with Crippen LogP contribution in [0.15, 0.2) is 60.7 Å². The molecular weight excluding hydrogens is 366 g/mol.